The lowest BCUT2D eigenvalue weighted by Gasteiger charge is -2.45. The van der Waals surface area contributed by atoms with Crippen molar-refractivity contribution in [2.75, 3.05) is 6.61 Å². The molecule has 2 saturated carbocycles. The molecule has 0 aromatic carbocycles. The van der Waals surface area contributed by atoms with E-state index in [1.165, 1.54) is 51.4 Å². The molecule has 1 nitrogen and oxygen atoms in total. The van der Waals surface area contributed by atoms with E-state index in [0.717, 1.165) is 41.4 Å². The molecule has 172 valence electrons. The number of rotatable bonds is 9. The van der Waals surface area contributed by atoms with Gasteiger partial charge in [0.1, 0.15) is 0 Å². The fourth-order valence-electron chi connectivity index (χ4n) is 7.48. The average molecular weight is 439 g/mol. The highest BCUT2D eigenvalue weighted by Gasteiger charge is 2.56. The lowest BCUT2D eigenvalue weighted by molar-refractivity contribution is -0.00471. The summed E-state index contributed by atoms with van der Waals surface area (Å²) in [6.07, 6.45) is 31.1. The normalized spacial score (nSPS) is 34.1. The Morgan fingerprint density at radius 2 is 1.26 bits per heavy atom. The predicted octanol–water partition coefficient (Wildman–Crippen LogP) is 8.49. The zero-order valence-electron chi connectivity index (χ0n) is 20.6. The molecule has 5 atom stereocenters. The highest BCUT2D eigenvalue weighted by Crippen LogP contribution is 2.62. The molecule has 4 aliphatic rings. The van der Waals surface area contributed by atoms with Gasteiger partial charge in [0.15, 0.2) is 0 Å². The molecule has 31 heavy (non-hydrogen) atoms. The van der Waals surface area contributed by atoms with E-state index in [1.807, 2.05) is 0 Å². The van der Waals surface area contributed by atoms with Gasteiger partial charge in [-0.3, -0.25) is 0 Å². The molecule has 0 aromatic heterocycles. The molecule has 2 heteroatoms. The van der Waals surface area contributed by atoms with Crippen molar-refractivity contribution in [2.45, 2.75) is 101 Å². The Hall–Kier alpha value is -0.863. The summed E-state index contributed by atoms with van der Waals surface area (Å²) >= 11 is 0. The number of ether oxygens (including phenoxy) is 1. The van der Waals surface area contributed by atoms with Crippen molar-refractivity contribution in [2.24, 2.45) is 23.7 Å². The molecule has 0 aliphatic heterocycles. The van der Waals surface area contributed by atoms with Crippen molar-refractivity contribution < 1.29 is 4.74 Å². The Labute approximate surface area is 193 Å². The van der Waals surface area contributed by atoms with Crippen molar-refractivity contribution in [3.8, 4) is 0 Å². The average Bonchev–Trinajstić information content (AvgIpc) is 3.39. The molecule has 0 bridgehead atoms. The molecule has 0 aromatic rings. The van der Waals surface area contributed by atoms with Gasteiger partial charge < -0.3 is 4.74 Å². The summed E-state index contributed by atoms with van der Waals surface area (Å²) in [5, 5.41) is 0. The Morgan fingerprint density at radius 1 is 0.742 bits per heavy atom. The smallest absolute Gasteiger partial charge is 0.0598 e. The summed E-state index contributed by atoms with van der Waals surface area (Å²) < 4.78 is 5.94. The summed E-state index contributed by atoms with van der Waals surface area (Å²) in [6.45, 7) is 10.3. The van der Waals surface area contributed by atoms with Crippen LogP contribution < -0.4 is 0 Å². The van der Waals surface area contributed by atoms with Crippen molar-refractivity contribution in [3.05, 3.63) is 48.6 Å². The van der Waals surface area contributed by atoms with E-state index in [4.69, 9.17) is 4.74 Å². The van der Waals surface area contributed by atoms with Gasteiger partial charge in [0.2, 0.25) is 0 Å². The fraction of sp³-hybridized carbons (Fsp3) is 0.724. The maximum atomic E-state index is 5.94. The summed E-state index contributed by atoms with van der Waals surface area (Å²) in [7, 11) is -1.40. The van der Waals surface area contributed by atoms with E-state index in [9.17, 15) is 0 Å². The lowest BCUT2D eigenvalue weighted by Crippen LogP contribution is -2.45. The largest absolute Gasteiger partial charge is 0.376 e. The summed E-state index contributed by atoms with van der Waals surface area (Å²) in [5.74, 6) is 3.04. The van der Waals surface area contributed by atoms with Crippen LogP contribution in [0.4, 0.5) is 0 Å². The quantitative estimate of drug-likeness (QED) is 0.259. The Kier molecular flexibility index (Phi) is 7.48. The van der Waals surface area contributed by atoms with Crippen LogP contribution >= 0.6 is 0 Å². The van der Waals surface area contributed by atoms with E-state index in [0.29, 0.717) is 0 Å². The van der Waals surface area contributed by atoms with Crippen molar-refractivity contribution in [1.29, 1.82) is 0 Å². The Morgan fingerprint density at radius 3 is 1.81 bits per heavy atom. The van der Waals surface area contributed by atoms with Crippen LogP contribution in [0.15, 0.2) is 48.6 Å². The van der Waals surface area contributed by atoms with Crippen LogP contribution in [0.2, 0.25) is 23.7 Å². The van der Waals surface area contributed by atoms with E-state index in [-0.39, 0.29) is 5.60 Å². The number of allylic oxidation sites excluding steroid dienone is 8. The molecule has 0 spiro atoms. The SMILES string of the molecule is CC(C)(C)OCCCCCC[Si](C)(C1CCCC1)C1C2C=CC=CC2C2C=CC=CC21. The van der Waals surface area contributed by atoms with E-state index in [2.05, 4.69) is 75.9 Å². The Bertz CT molecular complexity index is 671. The summed E-state index contributed by atoms with van der Waals surface area (Å²) in [6, 6.07) is 1.55. The number of hydrogen-bond donors (Lipinski definition) is 0. The molecule has 5 unspecified atom stereocenters. The van der Waals surface area contributed by atoms with Gasteiger partial charge in [-0.15, -0.1) is 0 Å². The number of fused-ring (bicyclic) bond motifs is 3. The van der Waals surface area contributed by atoms with Gasteiger partial charge in [0, 0.05) is 6.61 Å². The standard InChI is InChI=1S/C29H46OSi/c1-29(2,3)30-21-13-5-6-14-22-31(4,23-15-7-8-16-23)28-26-19-11-9-17-24(26)25-18-10-12-20-27(25)28/h9-12,17-20,23-28H,5-8,13-16,21-22H2,1-4H3. The number of unbranched alkanes of at least 4 members (excludes halogenated alkanes) is 3. The van der Waals surface area contributed by atoms with Crippen LogP contribution in [0, 0.1) is 23.7 Å². The van der Waals surface area contributed by atoms with Crippen molar-refractivity contribution >= 4 is 8.07 Å². The van der Waals surface area contributed by atoms with E-state index in [1.54, 1.807) is 6.04 Å². The highest BCUT2D eigenvalue weighted by atomic mass is 28.3. The third-order valence-electron chi connectivity index (χ3n) is 8.91. The van der Waals surface area contributed by atoms with Gasteiger partial charge in [0.05, 0.1) is 13.7 Å². The molecule has 0 saturated heterocycles. The topological polar surface area (TPSA) is 9.23 Å². The summed E-state index contributed by atoms with van der Waals surface area (Å²) in [5.41, 5.74) is 1.99. The first kappa shape index (κ1) is 23.3. The van der Waals surface area contributed by atoms with Gasteiger partial charge >= 0.3 is 0 Å². The third-order valence-corrected chi connectivity index (χ3v) is 15.1. The second-order valence-corrected chi connectivity index (χ2v) is 17.0. The fourth-order valence-corrected chi connectivity index (χ4v) is 13.9. The van der Waals surface area contributed by atoms with E-state index >= 15 is 0 Å². The first-order valence-corrected chi connectivity index (χ1v) is 16.1. The van der Waals surface area contributed by atoms with Gasteiger partial charge in [-0.05, 0) is 61.9 Å². The molecule has 4 aliphatic carbocycles. The molecular weight excluding hydrogens is 392 g/mol. The van der Waals surface area contributed by atoms with Gasteiger partial charge in [-0.1, -0.05) is 106 Å². The lowest BCUT2D eigenvalue weighted by atomic mass is 9.83. The molecular formula is C29H46OSi. The number of hydrogen-bond acceptors (Lipinski definition) is 1. The minimum atomic E-state index is -1.40. The third kappa shape index (κ3) is 5.22. The van der Waals surface area contributed by atoms with Gasteiger partial charge in [-0.2, -0.15) is 0 Å². The van der Waals surface area contributed by atoms with Crippen LogP contribution in [-0.2, 0) is 4.74 Å². The van der Waals surface area contributed by atoms with Gasteiger partial charge in [-0.25, -0.2) is 0 Å². The second kappa shape index (κ2) is 9.95. The minimum Gasteiger partial charge on any atom is -0.376 e. The highest BCUT2D eigenvalue weighted by molar-refractivity contribution is 6.81. The molecule has 2 fully saturated rings. The first-order chi connectivity index (χ1) is 14.9. The first-order valence-electron chi connectivity index (χ1n) is 13.2. The van der Waals surface area contributed by atoms with Crippen LogP contribution in [0.1, 0.15) is 72.1 Å². The van der Waals surface area contributed by atoms with Gasteiger partial charge in [0.25, 0.3) is 0 Å². The van der Waals surface area contributed by atoms with Crippen molar-refractivity contribution in [1.82, 2.24) is 0 Å². The zero-order valence-corrected chi connectivity index (χ0v) is 21.6. The molecule has 0 radical (unpaired) electrons. The monoisotopic (exact) mass is 438 g/mol. The Balaban J connectivity index is 1.43. The summed E-state index contributed by atoms with van der Waals surface area (Å²) in [4.78, 5) is 0. The zero-order chi connectivity index (χ0) is 21.9. The maximum absolute atomic E-state index is 5.94. The maximum Gasteiger partial charge on any atom is 0.0598 e. The second-order valence-electron chi connectivity index (χ2n) is 12.0. The van der Waals surface area contributed by atoms with Crippen molar-refractivity contribution in [3.63, 3.8) is 0 Å². The molecule has 0 heterocycles. The molecule has 0 amide bonds. The van der Waals surface area contributed by atoms with Crippen LogP contribution in [-0.4, -0.2) is 20.3 Å². The predicted molar refractivity (Wildman–Crippen MR) is 137 cm³/mol. The minimum absolute atomic E-state index is 0.00738. The van der Waals surface area contributed by atoms with Crippen LogP contribution in [0.25, 0.3) is 0 Å². The van der Waals surface area contributed by atoms with E-state index < -0.39 is 8.07 Å². The molecule has 4 rings (SSSR count). The van der Waals surface area contributed by atoms with Crippen LogP contribution in [0.3, 0.4) is 0 Å². The molecule has 0 N–H and O–H groups in total. The van der Waals surface area contributed by atoms with Crippen LogP contribution in [0.5, 0.6) is 0 Å².